The summed E-state index contributed by atoms with van der Waals surface area (Å²) in [6, 6.07) is 0. The lowest BCUT2D eigenvalue weighted by Crippen LogP contribution is -2.37. The van der Waals surface area contributed by atoms with Gasteiger partial charge in [-0.15, -0.1) is 0 Å². The van der Waals surface area contributed by atoms with Gasteiger partial charge in [0.1, 0.15) is 6.79 Å². The summed E-state index contributed by atoms with van der Waals surface area (Å²) in [6.07, 6.45) is 8.26. The van der Waals surface area contributed by atoms with Gasteiger partial charge in [-0.2, -0.15) is 0 Å². The minimum atomic E-state index is -0.379. The van der Waals surface area contributed by atoms with Crippen LogP contribution in [0.2, 0.25) is 0 Å². The molecule has 4 nitrogen and oxygen atoms in total. The van der Waals surface area contributed by atoms with Crippen LogP contribution in [0, 0.1) is 11.3 Å². The first-order valence-corrected chi connectivity index (χ1v) is 9.00. The molecule has 1 unspecified atom stereocenters. The molecule has 0 saturated heterocycles. The Kier molecular flexibility index (Phi) is 6.28. The quantitative estimate of drug-likeness (QED) is 0.427. The Morgan fingerprint density at radius 2 is 2.09 bits per heavy atom. The average Bonchev–Trinajstić information content (AvgIpc) is 2.74. The van der Waals surface area contributed by atoms with Crippen LogP contribution in [0.25, 0.3) is 0 Å². The highest BCUT2D eigenvalue weighted by atomic mass is 16.7. The molecule has 2 aliphatic rings. The van der Waals surface area contributed by atoms with E-state index in [1.165, 1.54) is 0 Å². The summed E-state index contributed by atoms with van der Waals surface area (Å²) in [6.45, 7) is 6.72. The van der Waals surface area contributed by atoms with Gasteiger partial charge in [0.25, 0.3) is 0 Å². The van der Waals surface area contributed by atoms with Crippen molar-refractivity contribution in [2.75, 3.05) is 13.9 Å². The van der Waals surface area contributed by atoms with Gasteiger partial charge < -0.3 is 19.7 Å². The highest BCUT2D eigenvalue weighted by Crippen LogP contribution is 2.55. The number of hydrogen-bond acceptors (Lipinski definition) is 4. The predicted molar refractivity (Wildman–Crippen MR) is 91.1 cm³/mol. The highest BCUT2D eigenvalue weighted by molar-refractivity contribution is 5.27. The van der Waals surface area contributed by atoms with Gasteiger partial charge in [-0.05, 0) is 75.7 Å². The molecular weight excluding hydrogens is 292 g/mol. The van der Waals surface area contributed by atoms with Crippen molar-refractivity contribution in [3.8, 4) is 0 Å². The van der Waals surface area contributed by atoms with Gasteiger partial charge in [0.05, 0.1) is 17.8 Å². The van der Waals surface area contributed by atoms with Gasteiger partial charge in [0, 0.05) is 7.11 Å². The summed E-state index contributed by atoms with van der Waals surface area (Å²) in [5.74, 6) is 0.221. The fourth-order valence-electron chi connectivity index (χ4n) is 4.46. The average molecular weight is 326 g/mol. The number of hydrogen-bond donors (Lipinski definition) is 2. The van der Waals surface area contributed by atoms with E-state index < -0.39 is 0 Å². The minimum Gasteiger partial charge on any atom is -0.393 e. The molecule has 2 aliphatic carbocycles. The van der Waals surface area contributed by atoms with Crippen LogP contribution in [0.3, 0.4) is 0 Å². The van der Waals surface area contributed by atoms with Crippen molar-refractivity contribution < 1.29 is 19.7 Å². The zero-order valence-electron chi connectivity index (χ0n) is 15.2. The second-order valence-corrected chi connectivity index (χ2v) is 8.10. The number of aliphatic hydroxyl groups is 2. The minimum absolute atomic E-state index is 0.0147. The summed E-state index contributed by atoms with van der Waals surface area (Å²) in [7, 11) is 1.64. The van der Waals surface area contributed by atoms with Crippen molar-refractivity contribution in [2.24, 2.45) is 11.3 Å². The van der Waals surface area contributed by atoms with E-state index in [2.05, 4.69) is 26.8 Å². The summed E-state index contributed by atoms with van der Waals surface area (Å²) in [4.78, 5) is 0. The Labute approximate surface area is 140 Å². The molecule has 2 fully saturated rings. The van der Waals surface area contributed by atoms with Crippen molar-refractivity contribution in [2.45, 2.75) is 83.5 Å². The normalized spacial score (nSPS) is 36.4. The monoisotopic (exact) mass is 326 g/mol. The highest BCUT2D eigenvalue weighted by Gasteiger charge is 2.51. The zero-order chi connectivity index (χ0) is 17.1. The summed E-state index contributed by atoms with van der Waals surface area (Å²) in [5, 5.41) is 20.7. The maximum Gasteiger partial charge on any atom is 0.147 e. The Hall–Kier alpha value is -0.420. The molecule has 0 aromatic heterocycles. The third-order valence-corrected chi connectivity index (χ3v) is 5.89. The van der Waals surface area contributed by atoms with Crippen LogP contribution in [0.1, 0.15) is 65.7 Å². The number of allylic oxidation sites excluding steroid dienone is 1. The van der Waals surface area contributed by atoms with Crippen LogP contribution in [0.15, 0.2) is 11.6 Å². The first kappa shape index (κ1) is 18.9. The second kappa shape index (κ2) is 7.64. The molecule has 23 heavy (non-hydrogen) atoms. The fraction of sp³-hybridized carbons (Fsp3) is 0.895. The van der Waals surface area contributed by atoms with Gasteiger partial charge in [0.15, 0.2) is 0 Å². The fourth-order valence-corrected chi connectivity index (χ4v) is 4.46. The van der Waals surface area contributed by atoms with Crippen molar-refractivity contribution in [1.82, 2.24) is 0 Å². The number of unbranched alkanes of at least 4 members (excludes halogenated alkanes) is 1. The van der Waals surface area contributed by atoms with Gasteiger partial charge in [0.2, 0.25) is 0 Å². The van der Waals surface area contributed by atoms with Crippen LogP contribution in [0.4, 0.5) is 0 Å². The molecule has 0 aliphatic heterocycles. The molecule has 0 radical (unpaired) electrons. The van der Waals surface area contributed by atoms with E-state index in [1.54, 1.807) is 7.11 Å². The molecule has 0 spiro atoms. The van der Waals surface area contributed by atoms with Crippen molar-refractivity contribution in [1.29, 1.82) is 0 Å². The lowest BCUT2D eigenvalue weighted by atomic mass is 9.66. The van der Waals surface area contributed by atoms with Crippen LogP contribution >= 0.6 is 0 Å². The van der Waals surface area contributed by atoms with Crippen molar-refractivity contribution in [3.63, 3.8) is 0 Å². The summed E-state index contributed by atoms with van der Waals surface area (Å²) >= 11 is 0. The van der Waals surface area contributed by atoms with Crippen molar-refractivity contribution in [3.05, 3.63) is 11.6 Å². The number of fused-ring (bicyclic) bond motifs is 1. The molecular formula is C19H34O4. The maximum atomic E-state index is 10.5. The summed E-state index contributed by atoms with van der Waals surface area (Å²) in [5.41, 5.74) is 0.965. The van der Waals surface area contributed by atoms with E-state index in [4.69, 9.17) is 9.47 Å². The number of methoxy groups -OCH3 is 1. The number of rotatable bonds is 7. The maximum absolute atomic E-state index is 10.5. The molecule has 2 rings (SSSR count). The first-order valence-electron chi connectivity index (χ1n) is 9.00. The predicted octanol–water partition coefficient (Wildman–Crippen LogP) is 3.41. The van der Waals surface area contributed by atoms with Crippen LogP contribution in [-0.4, -0.2) is 41.9 Å². The third-order valence-electron chi connectivity index (χ3n) is 5.89. The van der Waals surface area contributed by atoms with E-state index in [0.717, 1.165) is 44.1 Å². The molecule has 4 atom stereocenters. The molecule has 0 heterocycles. The second-order valence-electron chi connectivity index (χ2n) is 8.10. The van der Waals surface area contributed by atoms with Gasteiger partial charge in [-0.25, -0.2) is 0 Å². The van der Waals surface area contributed by atoms with Gasteiger partial charge in [-0.1, -0.05) is 13.0 Å². The van der Waals surface area contributed by atoms with Gasteiger partial charge in [-0.3, -0.25) is 0 Å². The lowest BCUT2D eigenvalue weighted by Gasteiger charge is -2.40. The lowest BCUT2D eigenvalue weighted by molar-refractivity contribution is -0.117. The third kappa shape index (κ3) is 4.36. The van der Waals surface area contributed by atoms with Gasteiger partial charge >= 0.3 is 0 Å². The van der Waals surface area contributed by atoms with E-state index in [1.807, 2.05) is 0 Å². The molecule has 2 saturated carbocycles. The molecule has 0 aromatic rings. The van der Waals surface area contributed by atoms with Crippen molar-refractivity contribution >= 4 is 0 Å². The summed E-state index contributed by atoms with van der Waals surface area (Å²) < 4.78 is 10.6. The molecule has 2 N–H and O–H groups in total. The largest absolute Gasteiger partial charge is 0.393 e. The molecule has 0 amide bonds. The number of ether oxygens (including phenoxy) is 2. The Balaban J connectivity index is 1.91. The van der Waals surface area contributed by atoms with E-state index in [-0.39, 0.29) is 29.1 Å². The zero-order valence-corrected chi connectivity index (χ0v) is 15.2. The topological polar surface area (TPSA) is 58.9 Å². The smallest absolute Gasteiger partial charge is 0.147 e. The van der Waals surface area contributed by atoms with Crippen LogP contribution in [0.5, 0.6) is 0 Å². The van der Waals surface area contributed by atoms with Crippen LogP contribution < -0.4 is 0 Å². The first-order chi connectivity index (χ1) is 10.8. The Morgan fingerprint density at radius 3 is 2.78 bits per heavy atom. The van der Waals surface area contributed by atoms with Crippen LogP contribution in [-0.2, 0) is 9.47 Å². The number of aliphatic hydroxyl groups excluding tert-OH is 2. The Morgan fingerprint density at radius 1 is 1.35 bits per heavy atom. The van der Waals surface area contributed by atoms with E-state index in [9.17, 15) is 10.2 Å². The van der Waals surface area contributed by atoms with E-state index >= 15 is 0 Å². The Bertz CT molecular complexity index is 418. The molecule has 134 valence electrons. The molecule has 0 bridgehead atoms. The standard InChI is InChI=1S/C19H34O4/c1-18(2,23-13-22-4)10-6-5-8-14-17(21)12-15-16(20)9-7-11-19(14,15)3/h8,15-17,20-21H,5-7,9-13H2,1-4H3/b14-8+/t15-,16?,17+,19+/m0/s1. The molecule has 0 aromatic carbocycles. The molecule has 4 heteroatoms. The SMILES string of the molecule is COCOC(C)(C)CCC/C=C1\[C@H](O)C[C@H]2C(O)CCC[C@]12C. The van der Waals surface area contributed by atoms with E-state index in [0.29, 0.717) is 13.2 Å².